The summed E-state index contributed by atoms with van der Waals surface area (Å²) in [6, 6.07) is 12.1. The summed E-state index contributed by atoms with van der Waals surface area (Å²) in [6.07, 6.45) is 2.67. The highest BCUT2D eigenvalue weighted by Crippen LogP contribution is 2.18. The third kappa shape index (κ3) is 5.29. The van der Waals surface area contributed by atoms with Crippen LogP contribution in [0.15, 0.2) is 47.6 Å². The number of aromatic nitrogens is 1. The number of nitrogens with one attached hydrogen (secondary N) is 2. The number of methoxy groups -OCH3 is 1. The standard InChI is InChI=1S/C18H24N4O/c1-14-7-8-15(12-17(14)23-3)13-22-18(19-2)21-11-9-16-6-4-5-10-20-16/h4-8,10,12H,9,11,13H2,1-3H3,(H2,19,21,22). The van der Waals surface area contributed by atoms with E-state index in [9.17, 15) is 0 Å². The molecule has 0 amide bonds. The molecular weight excluding hydrogens is 288 g/mol. The Morgan fingerprint density at radius 1 is 1.22 bits per heavy atom. The first-order valence-corrected chi connectivity index (χ1v) is 7.71. The van der Waals surface area contributed by atoms with Gasteiger partial charge in [0.05, 0.1) is 7.11 Å². The zero-order chi connectivity index (χ0) is 16.5. The quantitative estimate of drug-likeness (QED) is 0.635. The molecule has 0 aliphatic rings. The number of benzene rings is 1. The summed E-state index contributed by atoms with van der Waals surface area (Å²) in [5.74, 6) is 1.68. The van der Waals surface area contributed by atoms with Crippen LogP contribution in [-0.2, 0) is 13.0 Å². The Kier molecular flexibility index (Phi) is 6.41. The van der Waals surface area contributed by atoms with Crippen LogP contribution in [0.25, 0.3) is 0 Å². The van der Waals surface area contributed by atoms with Crippen LogP contribution in [0.5, 0.6) is 5.75 Å². The van der Waals surface area contributed by atoms with Crippen LogP contribution < -0.4 is 15.4 Å². The lowest BCUT2D eigenvalue weighted by Crippen LogP contribution is -2.37. The highest BCUT2D eigenvalue weighted by molar-refractivity contribution is 5.79. The largest absolute Gasteiger partial charge is 0.496 e. The van der Waals surface area contributed by atoms with E-state index in [4.69, 9.17) is 4.74 Å². The lowest BCUT2D eigenvalue weighted by molar-refractivity contribution is 0.411. The second-order valence-electron chi connectivity index (χ2n) is 5.23. The molecule has 0 fully saturated rings. The van der Waals surface area contributed by atoms with Crippen LogP contribution in [0.1, 0.15) is 16.8 Å². The van der Waals surface area contributed by atoms with Crippen molar-refractivity contribution in [1.29, 1.82) is 0 Å². The third-order valence-electron chi connectivity index (χ3n) is 3.56. The first-order chi connectivity index (χ1) is 11.2. The van der Waals surface area contributed by atoms with E-state index in [0.29, 0.717) is 6.54 Å². The third-order valence-corrected chi connectivity index (χ3v) is 3.56. The fraction of sp³-hybridized carbons (Fsp3) is 0.333. The number of nitrogens with zero attached hydrogens (tertiary/aromatic N) is 2. The summed E-state index contributed by atoms with van der Waals surface area (Å²) >= 11 is 0. The molecule has 0 spiro atoms. The first-order valence-electron chi connectivity index (χ1n) is 7.71. The van der Waals surface area contributed by atoms with Crippen LogP contribution in [-0.4, -0.2) is 31.6 Å². The Labute approximate surface area is 137 Å². The van der Waals surface area contributed by atoms with Crippen molar-refractivity contribution in [3.63, 3.8) is 0 Å². The zero-order valence-corrected chi connectivity index (χ0v) is 14.0. The number of hydrogen-bond donors (Lipinski definition) is 2. The van der Waals surface area contributed by atoms with Gasteiger partial charge in [-0.2, -0.15) is 0 Å². The summed E-state index contributed by atoms with van der Waals surface area (Å²) in [7, 11) is 3.46. The maximum absolute atomic E-state index is 5.35. The van der Waals surface area contributed by atoms with Gasteiger partial charge in [-0.3, -0.25) is 9.98 Å². The molecular formula is C18H24N4O. The predicted molar refractivity (Wildman–Crippen MR) is 93.9 cm³/mol. The van der Waals surface area contributed by atoms with Crippen LogP contribution in [0, 0.1) is 6.92 Å². The van der Waals surface area contributed by atoms with Crippen molar-refractivity contribution >= 4 is 5.96 Å². The molecule has 0 aliphatic carbocycles. The zero-order valence-electron chi connectivity index (χ0n) is 14.0. The molecule has 122 valence electrons. The van der Waals surface area contributed by atoms with E-state index in [0.717, 1.165) is 41.5 Å². The molecule has 1 aromatic heterocycles. The maximum Gasteiger partial charge on any atom is 0.191 e. The molecule has 1 heterocycles. The summed E-state index contributed by atoms with van der Waals surface area (Å²) in [6.45, 7) is 3.52. The molecule has 2 N–H and O–H groups in total. The van der Waals surface area contributed by atoms with Crippen molar-refractivity contribution in [1.82, 2.24) is 15.6 Å². The minimum absolute atomic E-state index is 0.694. The molecule has 5 heteroatoms. The molecule has 2 rings (SSSR count). The van der Waals surface area contributed by atoms with E-state index in [1.54, 1.807) is 14.2 Å². The normalized spacial score (nSPS) is 11.2. The Hall–Kier alpha value is -2.56. The number of pyridine rings is 1. The van der Waals surface area contributed by atoms with E-state index in [1.807, 2.05) is 37.4 Å². The van der Waals surface area contributed by atoms with Gasteiger partial charge in [0.2, 0.25) is 0 Å². The highest BCUT2D eigenvalue weighted by atomic mass is 16.5. The van der Waals surface area contributed by atoms with Gasteiger partial charge in [-0.05, 0) is 36.2 Å². The van der Waals surface area contributed by atoms with E-state index in [1.165, 1.54) is 0 Å². The van der Waals surface area contributed by atoms with Gasteiger partial charge in [-0.1, -0.05) is 18.2 Å². The lowest BCUT2D eigenvalue weighted by Gasteiger charge is -2.13. The molecule has 0 aliphatic heterocycles. The van der Waals surface area contributed by atoms with Gasteiger partial charge in [0, 0.05) is 38.4 Å². The van der Waals surface area contributed by atoms with Gasteiger partial charge in [-0.15, -0.1) is 0 Å². The molecule has 0 radical (unpaired) electrons. The smallest absolute Gasteiger partial charge is 0.191 e. The van der Waals surface area contributed by atoms with E-state index < -0.39 is 0 Å². The van der Waals surface area contributed by atoms with Crippen molar-refractivity contribution in [3.05, 3.63) is 59.4 Å². The maximum atomic E-state index is 5.35. The van der Waals surface area contributed by atoms with Gasteiger partial charge >= 0.3 is 0 Å². The van der Waals surface area contributed by atoms with Crippen LogP contribution in [0.2, 0.25) is 0 Å². The van der Waals surface area contributed by atoms with Crippen molar-refractivity contribution in [3.8, 4) is 5.75 Å². The molecule has 23 heavy (non-hydrogen) atoms. The Morgan fingerprint density at radius 2 is 2.09 bits per heavy atom. The lowest BCUT2D eigenvalue weighted by atomic mass is 10.1. The van der Waals surface area contributed by atoms with Crippen molar-refractivity contribution in [2.45, 2.75) is 19.9 Å². The van der Waals surface area contributed by atoms with Crippen molar-refractivity contribution in [2.75, 3.05) is 20.7 Å². The molecule has 1 aromatic carbocycles. The average Bonchev–Trinajstić information content (AvgIpc) is 2.60. The Balaban J connectivity index is 1.81. The summed E-state index contributed by atoms with van der Waals surface area (Å²) in [5, 5.41) is 6.60. The predicted octanol–water partition coefficient (Wildman–Crippen LogP) is 2.31. The van der Waals surface area contributed by atoms with Gasteiger partial charge in [0.1, 0.15) is 5.75 Å². The number of rotatable bonds is 6. The summed E-state index contributed by atoms with van der Waals surface area (Å²) < 4.78 is 5.35. The minimum atomic E-state index is 0.694. The molecule has 0 saturated heterocycles. The molecule has 0 saturated carbocycles. The van der Waals surface area contributed by atoms with Crippen LogP contribution in [0.3, 0.4) is 0 Å². The summed E-state index contributed by atoms with van der Waals surface area (Å²) in [4.78, 5) is 8.55. The fourth-order valence-electron chi connectivity index (χ4n) is 2.24. The fourth-order valence-corrected chi connectivity index (χ4v) is 2.24. The van der Waals surface area contributed by atoms with E-state index in [-0.39, 0.29) is 0 Å². The van der Waals surface area contributed by atoms with Crippen molar-refractivity contribution in [2.24, 2.45) is 4.99 Å². The number of aryl methyl sites for hydroxylation is 1. The Bertz CT molecular complexity index is 641. The number of ether oxygens (including phenoxy) is 1. The number of guanidine groups is 1. The Morgan fingerprint density at radius 3 is 2.78 bits per heavy atom. The van der Waals surface area contributed by atoms with Crippen LogP contribution >= 0.6 is 0 Å². The molecule has 0 atom stereocenters. The topological polar surface area (TPSA) is 58.5 Å². The van der Waals surface area contributed by atoms with Gasteiger partial charge in [0.25, 0.3) is 0 Å². The van der Waals surface area contributed by atoms with E-state index in [2.05, 4.69) is 32.7 Å². The van der Waals surface area contributed by atoms with Gasteiger partial charge in [0.15, 0.2) is 5.96 Å². The number of aliphatic imine (C=N–C) groups is 1. The second-order valence-corrected chi connectivity index (χ2v) is 5.23. The van der Waals surface area contributed by atoms with Crippen LogP contribution in [0.4, 0.5) is 0 Å². The molecule has 0 unspecified atom stereocenters. The summed E-state index contributed by atoms with van der Waals surface area (Å²) in [5.41, 5.74) is 3.35. The number of hydrogen-bond acceptors (Lipinski definition) is 3. The van der Waals surface area contributed by atoms with Gasteiger partial charge < -0.3 is 15.4 Å². The average molecular weight is 312 g/mol. The van der Waals surface area contributed by atoms with Gasteiger partial charge in [-0.25, -0.2) is 0 Å². The SMILES string of the molecule is CN=C(NCCc1ccccn1)NCc1ccc(C)c(OC)c1. The monoisotopic (exact) mass is 312 g/mol. The van der Waals surface area contributed by atoms with E-state index >= 15 is 0 Å². The molecule has 0 bridgehead atoms. The minimum Gasteiger partial charge on any atom is -0.496 e. The highest BCUT2D eigenvalue weighted by Gasteiger charge is 2.02. The molecule has 5 nitrogen and oxygen atoms in total. The van der Waals surface area contributed by atoms with Crippen molar-refractivity contribution < 1.29 is 4.74 Å². The second kappa shape index (κ2) is 8.78. The first kappa shape index (κ1) is 16.8. The molecule has 2 aromatic rings.